The molecule has 0 nitrogen and oxygen atoms in total. The summed E-state index contributed by atoms with van der Waals surface area (Å²) in [6.45, 7) is 0. The Morgan fingerprint density at radius 1 is 0.500 bits per heavy atom. The maximum Gasteiger partial charge on any atom is 0.0343 e. The van der Waals surface area contributed by atoms with E-state index >= 15 is 0 Å². The molecule has 0 amide bonds. The van der Waals surface area contributed by atoms with Gasteiger partial charge in [0.05, 0.1) is 0 Å². The van der Waals surface area contributed by atoms with E-state index in [4.69, 9.17) is 0 Å². The Balaban J connectivity index is 1.72. The van der Waals surface area contributed by atoms with E-state index in [2.05, 4.69) is 103 Å². The summed E-state index contributed by atoms with van der Waals surface area (Å²) in [5.41, 5.74) is 9.84. The highest BCUT2D eigenvalue weighted by Crippen LogP contribution is 2.43. The Kier molecular flexibility index (Phi) is 3.68. The van der Waals surface area contributed by atoms with Gasteiger partial charge < -0.3 is 0 Å². The van der Waals surface area contributed by atoms with Gasteiger partial charge in [-0.3, -0.25) is 0 Å². The molecule has 0 N–H and O–H groups in total. The summed E-state index contributed by atoms with van der Waals surface area (Å²) in [7, 11) is 0. The van der Waals surface area contributed by atoms with E-state index in [0.717, 1.165) is 6.42 Å². The zero-order valence-corrected chi connectivity index (χ0v) is 14.6. The molecule has 1 aliphatic carbocycles. The SMILES string of the molecule is c1ccc(C(c2ccccc2)c2cccc3c2Cc2ccccc2-3)cc1. The lowest BCUT2D eigenvalue weighted by Crippen LogP contribution is -2.06. The molecule has 0 aromatic heterocycles. The second-order valence-corrected chi connectivity index (χ2v) is 6.96. The molecule has 0 spiro atoms. The minimum absolute atomic E-state index is 0.265. The van der Waals surface area contributed by atoms with Crippen LogP contribution in [0.4, 0.5) is 0 Å². The molecule has 0 radical (unpaired) electrons. The number of benzene rings is 4. The van der Waals surface area contributed by atoms with Crippen molar-refractivity contribution in [1.29, 1.82) is 0 Å². The molecule has 0 atom stereocenters. The summed E-state index contributed by atoms with van der Waals surface area (Å²) in [6.07, 6.45) is 1.03. The zero-order chi connectivity index (χ0) is 17.3. The van der Waals surface area contributed by atoms with Gasteiger partial charge in [-0.2, -0.15) is 0 Å². The fraction of sp³-hybridized carbons (Fsp3) is 0.0769. The quantitative estimate of drug-likeness (QED) is 0.334. The monoisotopic (exact) mass is 332 g/mol. The Morgan fingerprint density at radius 2 is 1.08 bits per heavy atom. The Labute approximate surface area is 154 Å². The van der Waals surface area contributed by atoms with Crippen LogP contribution in [0.3, 0.4) is 0 Å². The highest BCUT2D eigenvalue weighted by Gasteiger charge is 2.25. The van der Waals surface area contributed by atoms with E-state index in [1.54, 1.807) is 0 Å². The minimum atomic E-state index is 0.265. The third-order valence-electron chi connectivity index (χ3n) is 5.46. The fourth-order valence-corrected chi connectivity index (χ4v) is 4.29. The predicted molar refractivity (Wildman–Crippen MR) is 109 cm³/mol. The van der Waals surface area contributed by atoms with Crippen molar-refractivity contribution in [3.8, 4) is 11.1 Å². The van der Waals surface area contributed by atoms with E-state index in [1.807, 2.05) is 0 Å². The molecule has 0 unspecified atom stereocenters. The van der Waals surface area contributed by atoms with E-state index in [-0.39, 0.29) is 5.92 Å². The Morgan fingerprint density at radius 3 is 1.77 bits per heavy atom. The third kappa shape index (κ3) is 2.46. The van der Waals surface area contributed by atoms with Gasteiger partial charge in [0.1, 0.15) is 0 Å². The average molecular weight is 332 g/mol. The Bertz CT molecular complexity index is 1010. The van der Waals surface area contributed by atoms with E-state index in [1.165, 1.54) is 38.9 Å². The smallest absolute Gasteiger partial charge is 0.0343 e. The molecule has 0 heteroatoms. The molecule has 26 heavy (non-hydrogen) atoms. The van der Waals surface area contributed by atoms with Gasteiger partial charge in [0.25, 0.3) is 0 Å². The summed E-state index contributed by atoms with van der Waals surface area (Å²) in [6, 6.07) is 37.4. The van der Waals surface area contributed by atoms with Crippen LogP contribution in [0.5, 0.6) is 0 Å². The van der Waals surface area contributed by atoms with Crippen LogP contribution in [0.2, 0.25) is 0 Å². The first-order valence-electron chi connectivity index (χ1n) is 9.22. The van der Waals surface area contributed by atoms with Crippen LogP contribution in [0, 0.1) is 0 Å². The highest BCUT2D eigenvalue weighted by atomic mass is 14.3. The number of hydrogen-bond donors (Lipinski definition) is 0. The molecule has 0 bridgehead atoms. The van der Waals surface area contributed by atoms with Crippen LogP contribution in [0.1, 0.15) is 33.7 Å². The van der Waals surface area contributed by atoms with Crippen molar-refractivity contribution in [2.24, 2.45) is 0 Å². The molecular weight excluding hydrogens is 312 g/mol. The van der Waals surface area contributed by atoms with Crippen molar-refractivity contribution < 1.29 is 0 Å². The van der Waals surface area contributed by atoms with Gasteiger partial charge in [0, 0.05) is 5.92 Å². The van der Waals surface area contributed by atoms with E-state index in [0.29, 0.717) is 0 Å². The molecular formula is C26H20. The van der Waals surface area contributed by atoms with Gasteiger partial charge in [-0.25, -0.2) is 0 Å². The molecule has 4 aromatic rings. The number of hydrogen-bond acceptors (Lipinski definition) is 0. The van der Waals surface area contributed by atoms with E-state index < -0.39 is 0 Å². The highest BCUT2D eigenvalue weighted by molar-refractivity contribution is 5.78. The van der Waals surface area contributed by atoms with Gasteiger partial charge in [0.15, 0.2) is 0 Å². The summed E-state index contributed by atoms with van der Waals surface area (Å²) in [4.78, 5) is 0. The van der Waals surface area contributed by atoms with Crippen LogP contribution < -0.4 is 0 Å². The summed E-state index contributed by atoms with van der Waals surface area (Å²) >= 11 is 0. The van der Waals surface area contributed by atoms with Gasteiger partial charge in [-0.1, -0.05) is 103 Å². The van der Waals surface area contributed by atoms with Crippen molar-refractivity contribution in [2.75, 3.05) is 0 Å². The van der Waals surface area contributed by atoms with Gasteiger partial charge in [-0.15, -0.1) is 0 Å². The largest absolute Gasteiger partial charge is 0.0622 e. The molecule has 0 aliphatic heterocycles. The first-order chi connectivity index (χ1) is 12.9. The van der Waals surface area contributed by atoms with Gasteiger partial charge in [-0.05, 0) is 45.4 Å². The fourth-order valence-electron chi connectivity index (χ4n) is 4.29. The van der Waals surface area contributed by atoms with Crippen LogP contribution in [-0.4, -0.2) is 0 Å². The number of fused-ring (bicyclic) bond motifs is 3. The normalized spacial score (nSPS) is 12.0. The maximum absolute atomic E-state index is 2.31. The molecule has 0 saturated heterocycles. The zero-order valence-electron chi connectivity index (χ0n) is 14.6. The van der Waals surface area contributed by atoms with Crippen molar-refractivity contribution in [3.05, 3.63) is 131 Å². The summed E-state index contributed by atoms with van der Waals surface area (Å²) in [5.74, 6) is 0.265. The molecule has 0 fully saturated rings. The average Bonchev–Trinajstić information content (AvgIpc) is 3.10. The predicted octanol–water partition coefficient (Wildman–Crippen LogP) is 6.44. The van der Waals surface area contributed by atoms with Gasteiger partial charge >= 0.3 is 0 Å². The van der Waals surface area contributed by atoms with Crippen LogP contribution >= 0.6 is 0 Å². The summed E-state index contributed by atoms with van der Waals surface area (Å²) in [5, 5.41) is 0. The Hall–Kier alpha value is -3.12. The molecule has 5 rings (SSSR count). The first kappa shape index (κ1) is 15.2. The molecule has 0 heterocycles. The summed E-state index contributed by atoms with van der Waals surface area (Å²) < 4.78 is 0. The van der Waals surface area contributed by atoms with Crippen molar-refractivity contribution >= 4 is 0 Å². The molecule has 124 valence electrons. The lowest BCUT2D eigenvalue weighted by molar-refractivity contribution is 0.955. The van der Waals surface area contributed by atoms with E-state index in [9.17, 15) is 0 Å². The second-order valence-electron chi connectivity index (χ2n) is 6.96. The molecule has 4 aromatic carbocycles. The first-order valence-corrected chi connectivity index (χ1v) is 9.22. The lowest BCUT2D eigenvalue weighted by atomic mass is 9.82. The minimum Gasteiger partial charge on any atom is -0.0622 e. The van der Waals surface area contributed by atoms with Crippen LogP contribution in [0.15, 0.2) is 103 Å². The topological polar surface area (TPSA) is 0 Å². The van der Waals surface area contributed by atoms with Crippen molar-refractivity contribution in [1.82, 2.24) is 0 Å². The lowest BCUT2D eigenvalue weighted by Gasteiger charge is -2.22. The second kappa shape index (κ2) is 6.31. The standard InChI is InChI=1S/C26H20/c1-3-10-19(11-4-1)26(20-12-5-2-6-13-20)24-17-9-16-23-22-15-8-7-14-21(22)18-25(23)24/h1-17,26H,18H2. The van der Waals surface area contributed by atoms with Crippen molar-refractivity contribution in [3.63, 3.8) is 0 Å². The molecule has 1 aliphatic rings. The van der Waals surface area contributed by atoms with Gasteiger partial charge in [0.2, 0.25) is 0 Å². The maximum atomic E-state index is 2.31. The number of rotatable bonds is 3. The third-order valence-corrected chi connectivity index (χ3v) is 5.46. The van der Waals surface area contributed by atoms with Crippen molar-refractivity contribution in [2.45, 2.75) is 12.3 Å². The van der Waals surface area contributed by atoms with Crippen LogP contribution in [-0.2, 0) is 6.42 Å². The molecule has 0 saturated carbocycles. The van der Waals surface area contributed by atoms with Crippen LogP contribution in [0.25, 0.3) is 11.1 Å².